The molecule has 0 bridgehead atoms. The second kappa shape index (κ2) is 7.00. The Labute approximate surface area is 144 Å². The van der Waals surface area contributed by atoms with E-state index in [0.29, 0.717) is 11.1 Å². The first kappa shape index (κ1) is 16.4. The van der Waals surface area contributed by atoms with Gasteiger partial charge >= 0.3 is 0 Å². The highest BCUT2D eigenvalue weighted by Gasteiger charge is 2.17. The normalized spacial score (nSPS) is 11.0. The number of hydrogen-bond acceptors (Lipinski definition) is 6. The standard InChI is InChI=1S/C17H18N4O2S/c1-4-21-11(2)9-14(12(21)3)15(22)10-24-17-20-19-16(23-17)13-5-7-18-8-6-13/h5-9H,4,10H2,1-3H3. The van der Waals surface area contributed by atoms with Crippen molar-refractivity contribution >= 4 is 17.5 Å². The average molecular weight is 342 g/mol. The van der Waals surface area contributed by atoms with Crippen LogP contribution in [0, 0.1) is 13.8 Å². The Balaban J connectivity index is 1.68. The fourth-order valence-corrected chi connectivity index (χ4v) is 3.30. The lowest BCUT2D eigenvalue weighted by atomic mass is 10.2. The number of carbonyl (C=O) groups excluding carboxylic acids is 1. The van der Waals surface area contributed by atoms with Crippen molar-refractivity contribution in [3.8, 4) is 11.5 Å². The zero-order valence-electron chi connectivity index (χ0n) is 13.8. The summed E-state index contributed by atoms with van der Waals surface area (Å²) in [5.41, 5.74) is 3.67. The van der Waals surface area contributed by atoms with E-state index >= 15 is 0 Å². The largest absolute Gasteiger partial charge is 0.411 e. The highest BCUT2D eigenvalue weighted by molar-refractivity contribution is 7.99. The van der Waals surface area contributed by atoms with E-state index in [1.807, 2.05) is 19.9 Å². The predicted octanol–water partition coefficient (Wildman–Crippen LogP) is 3.54. The van der Waals surface area contributed by atoms with Crippen LogP contribution in [0.25, 0.3) is 11.5 Å². The molecule has 0 radical (unpaired) electrons. The molecule has 0 aliphatic carbocycles. The lowest BCUT2D eigenvalue weighted by Crippen LogP contribution is -2.05. The number of Topliss-reactive ketones (excluding diaryl/α,β-unsaturated/α-hetero) is 1. The molecule has 3 heterocycles. The number of ketones is 1. The molecule has 0 saturated heterocycles. The number of carbonyl (C=O) groups is 1. The summed E-state index contributed by atoms with van der Waals surface area (Å²) in [6.07, 6.45) is 3.33. The lowest BCUT2D eigenvalue weighted by Gasteiger charge is -2.05. The number of rotatable bonds is 6. The molecule has 124 valence electrons. The SMILES string of the molecule is CCn1c(C)cc(C(=O)CSc2nnc(-c3ccncc3)o2)c1C. The third kappa shape index (κ3) is 3.26. The Bertz CT molecular complexity index is 855. The molecule has 0 spiro atoms. The third-order valence-corrected chi connectivity index (χ3v) is 4.67. The lowest BCUT2D eigenvalue weighted by molar-refractivity contribution is 0.102. The molecule has 0 unspecified atom stereocenters. The molecule has 0 saturated carbocycles. The van der Waals surface area contributed by atoms with Crippen molar-refractivity contribution in [3.05, 3.63) is 47.5 Å². The maximum Gasteiger partial charge on any atom is 0.277 e. The van der Waals surface area contributed by atoms with Crippen LogP contribution in [0.4, 0.5) is 0 Å². The molecule has 0 amide bonds. The maximum atomic E-state index is 12.5. The van der Waals surface area contributed by atoms with Gasteiger partial charge in [-0.05, 0) is 39.0 Å². The highest BCUT2D eigenvalue weighted by atomic mass is 32.2. The van der Waals surface area contributed by atoms with Gasteiger partial charge in [0, 0.05) is 41.5 Å². The summed E-state index contributed by atoms with van der Waals surface area (Å²) in [6, 6.07) is 5.54. The fraction of sp³-hybridized carbons (Fsp3) is 0.294. The topological polar surface area (TPSA) is 73.8 Å². The minimum atomic E-state index is 0.0662. The highest BCUT2D eigenvalue weighted by Crippen LogP contribution is 2.24. The maximum absolute atomic E-state index is 12.5. The monoisotopic (exact) mass is 342 g/mol. The van der Waals surface area contributed by atoms with E-state index in [9.17, 15) is 4.79 Å². The first-order valence-electron chi connectivity index (χ1n) is 7.66. The van der Waals surface area contributed by atoms with Gasteiger partial charge in [0.1, 0.15) is 0 Å². The van der Waals surface area contributed by atoms with Crippen LogP contribution >= 0.6 is 11.8 Å². The predicted molar refractivity (Wildman–Crippen MR) is 92.2 cm³/mol. The zero-order valence-corrected chi connectivity index (χ0v) is 14.6. The van der Waals surface area contributed by atoms with E-state index in [1.54, 1.807) is 24.5 Å². The van der Waals surface area contributed by atoms with Gasteiger partial charge in [0.15, 0.2) is 5.78 Å². The first-order valence-corrected chi connectivity index (χ1v) is 8.65. The Morgan fingerprint density at radius 3 is 2.67 bits per heavy atom. The Kier molecular flexibility index (Phi) is 4.80. The summed E-state index contributed by atoms with van der Waals surface area (Å²) in [7, 11) is 0. The van der Waals surface area contributed by atoms with Gasteiger partial charge in [-0.2, -0.15) is 0 Å². The quantitative estimate of drug-likeness (QED) is 0.504. The van der Waals surface area contributed by atoms with Crippen LogP contribution in [0.1, 0.15) is 28.7 Å². The van der Waals surface area contributed by atoms with Crippen molar-refractivity contribution in [2.75, 3.05) is 5.75 Å². The van der Waals surface area contributed by atoms with Crippen molar-refractivity contribution in [1.82, 2.24) is 19.7 Å². The van der Waals surface area contributed by atoms with Crippen molar-refractivity contribution in [3.63, 3.8) is 0 Å². The summed E-state index contributed by atoms with van der Waals surface area (Å²) < 4.78 is 7.72. The fourth-order valence-electron chi connectivity index (χ4n) is 2.65. The van der Waals surface area contributed by atoms with Gasteiger partial charge < -0.3 is 8.98 Å². The van der Waals surface area contributed by atoms with Gasteiger partial charge in [0.2, 0.25) is 5.89 Å². The van der Waals surface area contributed by atoms with Gasteiger partial charge in [-0.15, -0.1) is 10.2 Å². The molecule has 0 atom stereocenters. The van der Waals surface area contributed by atoms with E-state index in [4.69, 9.17) is 4.42 Å². The van der Waals surface area contributed by atoms with Crippen LogP contribution in [0.2, 0.25) is 0 Å². The molecule has 3 rings (SSSR count). The summed E-state index contributed by atoms with van der Waals surface area (Å²) in [5.74, 6) is 0.763. The van der Waals surface area contributed by atoms with Crippen LogP contribution in [-0.4, -0.2) is 31.3 Å². The number of aromatic nitrogens is 4. The second-order valence-electron chi connectivity index (χ2n) is 5.35. The van der Waals surface area contributed by atoms with Crippen molar-refractivity contribution in [2.24, 2.45) is 0 Å². The molecule has 24 heavy (non-hydrogen) atoms. The van der Waals surface area contributed by atoms with Crippen LogP contribution in [0.3, 0.4) is 0 Å². The number of thioether (sulfide) groups is 1. The molecule has 0 aliphatic rings. The van der Waals surface area contributed by atoms with E-state index in [0.717, 1.165) is 29.1 Å². The molecule has 0 N–H and O–H groups in total. The second-order valence-corrected chi connectivity index (χ2v) is 6.28. The summed E-state index contributed by atoms with van der Waals surface area (Å²) in [4.78, 5) is 16.4. The summed E-state index contributed by atoms with van der Waals surface area (Å²) in [5, 5.41) is 8.38. The van der Waals surface area contributed by atoms with Crippen LogP contribution < -0.4 is 0 Å². The van der Waals surface area contributed by atoms with Gasteiger partial charge in [0.25, 0.3) is 5.22 Å². The van der Waals surface area contributed by atoms with Crippen molar-refractivity contribution in [2.45, 2.75) is 32.5 Å². The summed E-state index contributed by atoms with van der Waals surface area (Å²) >= 11 is 1.26. The Hall–Kier alpha value is -2.41. The van der Waals surface area contributed by atoms with Crippen molar-refractivity contribution < 1.29 is 9.21 Å². The molecule has 3 aromatic rings. The third-order valence-electron chi connectivity index (χ3n) is 3.85. The zero-order chi connectivity index (χ0) is 17.1. The molecular formula is C17H18N4O2S. The van der Waals surface area contributed by atoms with Gasteiger partial charge in [-0.25, -0.2) is 0 Å². The molecule has 6 nitrogen and oxygen atoms in total. The minimum absolute atomic E-state index is 0.0662. The van der Waals surface area contributed by atoms with Crippen LogP contribution in [0.15, 0.2) is 40.2 Å². The van der Waals surface area contributed by atoms with Crippen LogP contribution in [0.5, 0.6) is 0 Å². The molecule has 3 aromatic heterocycles. The minimum Gasteiger partial charge on any atom is -0.411 e. The summed E-state index contributed by atoms with van der Waals surface area (Å²) in [6.45, 7) is 6.92. The molecule has 0 fully saturated rings. The molecule has 0 aliphatic heterocycles. The molecule has 0 aromatic carbocycles. The number of nitrogens with zero attached hydrogens (tertiary/aromatic N) is 4. The van der Waals surface area contributed by atoms with Gasteiger partial charge in [-0.3, -0.25) is 9.78 Å². The van der Waals surface area contributed by atoms with E-state index in [1.165, 1.54) is 11.8 Å². The Morgan fingerprint density at radius 1 is 1.25 bits per heavy atom. The van der Waals surface area contributed by atoms with E-state index < -0.39 is 0 Å². The Morgan fingerprint density at radius 2 is 2.00 bits per heavy atom. The van der Waals surface area contributed by atoms with E-state index in [-0.39, 0.29) is 11.5 Å². The average Bonchev–Trinajstić information content (AvgIpc) is 3.18. The van der Waals surface area contributed by atoms with Gasteiger partial charge in [-0.1, -0.05) is 11.8 Å². The van der Waals surface area contributed by atoms with E-state index in [2.05, 4.69) is 26.7 Å². The number of aryl methyl sites for hydroxylation is 1. The van der Waals surface area contributed by atoms with Gasteiger partial charge in [0.05, 0.1) is 5.75 Å². The number of hydrogen-bond donors (Lipinski definition) is 0. The smallest absolute Gasteiger partial charge is 0.277 e. The molecular weight excluding hydrogens is 324 g/mol. The number of pyridine rings is 1. The first-order chi connectivity index (χ1) is 11.6. The van der Waals surface area contributed by atoms with Crippen LogP contribution in [-0.2, 0) is 6.54 Å². The molecule has 7 heteroatoms. The van der Waals surface area contributed by atoms with Crippen molar-refractivity contribution in [1.29, 1.82) is 0 Å².